The number of thioether (sulfide) groups is 1. The Morgan fingerprint density at radius 3 is 2.67 bits per heavy atom. The number of hydrogen-bond acceptors (Lipinski definition) is 5. The number of carbonyl (C=O) groups excluding carboxylic acids is 1. The monoisotopic (exact) mass is 300 g/mol. The molecule has 3 rings (SSSR count). The zero-order valence-corrected chi connectivity index (χ0v) is 13.0. The Bertz CT molecular complexity index is 677. The number of carbonyl (C=O) groups is 1. The van der Waals surface area contributed by atoms with E-state index in [1.54, 1.807) is 11.8 Å². The predicted molar refractivity (Wildman–Crippen MR) is 84.5 cm³/mol. The highest BCUT2D eigenvalue weighted by molar-refractivity contribution is 8.16. The van der Waals surface area contributed by atoms with Gasteiger partial charge in [0.15, 0.2) is 5.17 Å². The van der Waals surface area contributed by atoms with Crippen molar-refractivity contribution >= 4 is 22.9 Å². The van der Waals surface area contributed by atoms with Crippen molar-refractivity contribution in [3.63, 3.8) is 0 Å². The van der Waals surface area contributed by atoms with Gasteiger partial charge in [0.05, 0.1) is 24.4 Å². The van der Waals surface area contributed by atoms with E-state index in [0.29, 0.717) is 5.57 Å². The second-order valence-corrected chi connectivity index (χ2v) is 5.78. The number of hydrogen-bond donors (Lipinski definition) is 0. The van der Waals surface area contributed by atoms with Gasteiger partial charge < -0.3 is 9.64 Å². The Kier molecular flexibility index (Phi) is 3.59. The summed E-state index contributed by atoms with van der Waals surface area (Å²) in [7, 11) is 1.41. The summed E-state index contributed by atoms with van der Waals surface area (Å²) >= 11 is 1.59. The first-order chi connectivity index (χ1) is 10.1. The van der Waals surface area contributed by atoms with Crippen molar-refractivity contribution in [2.24, 2.45) is 4.99 Å². The Labute approximate surface area is 128 Å². The zero-order chi connectivity index (χ0) is 15.0. The lowest BCUT2D eigenvalue weighted by molar-refractivity contribution is -0.136. The molecule has 0 amide bonds. The van der Waals surface area contributed by atoms with Crippen LogP contribution in [-0.2, 0) is 9.53 Å². The maximum atomic E-state index is 12.3. The smallest absolute Gasteiger partial charge is 0.338 e. The molecule has 0 aromatic heterocycles. The Morgan fingerprint density at radius 1 is 1.29 bits per heavy atom. The van der Waals surface area contributed by atoms with Crippen molar-refractivity contribution in [2.75, 3.05) is 7.11 Å². The molecule has 1 atom stereocenters. The van der Waals surface area contributed by atoms with Crippen LogP contribution >= 0.6 is 11.8 Å². The van der Waals surface area contributed by atoms with E-state index in [2.05, 4.69) is 15.3 Å². The number of fused-ring (bicyclic) bond motifs is 1. The molecule has 0 saturated heterocycles. The third kappa shape index (κ3) is 2.27. The summed E-state index contributed by atoms with van der Waals surface area (Å²) in [5, 5.41) is 2.97. The zero-order valence-electron chi connectivity index (χ0n) is 12.2. The number of allylic oxidation sites excluding steroid dienone is 2. The van der Waals surface area contributed by atoms with Crippen LogP contribution in [0.1, 0.15) is 25.5 Å². The van der Waals surface area contributed by atoms with Gasteiger partial charge in [-0.25, -0.2) is 9.79 Å². The average Bonchev–Trinajstić information content (AvgIpc) is 2.87. The number of ether oxygens (including phenoxy) is 1. The van der Waals surface area contributed by atoms with Crippen LogP contribution in [-0.4, -0.2) is 23.1 Å². The molecule has 0 spiro atoms. The lowest BCUT2D eigenvalue weighted by Crippen LogP contribution is -2.35. The van der Waals surface area contributed by atoms with Crippen molar-refractivity contribution in [3.05, 3.63) is 58.3 Å². The average molecular weight is 300 g/mol. The van der Waals surface area contributed by atoms with E-state index in [1.165, 1.54) is 7.11 Å². The molecule has 0 unspecified atom stereocenters. The Morgan fingerprint density at radius 2 is 2.00 bits per heavy atom. The summed E-state index contributed by atoms with van der Waals surface area (Å²) < 4.78 is 4.98. The van der Waals surface area contributed by atoms with Crippen LogP contribution < -0.4 is 0 Å². The van der Waals surface area contributed by atoms with Gasteiger partial charge in [0.1, 0.15) is 0 Å². The van der Waals surface area contributed by atoms with Crippen LogP contribution in [0.15, 0.2) is 57.7 Å². The number of methoxy groups -OCH3 is 1. The fourth-order valence-corrected chi connectivity index (χ4v) is 3.59. The SMILES string of the molecule is COC(=O)C1=C(C)N=C2SC=C(C)N2[C@@H]1c1ccccc1. The van der Waals surface area contributed by atoms with E-state index in [0.717, 1.165) is 22.1 Å². The third-order valence-electron chi connectivity index (χ3n) is 3.63. The van der Waals surface area contributed by atoms with E-state index in [4.69, 9.17) is 4.74 Å². The maximum Gasteiger partial charge on any atom is 0.338 e. The molecule has 2 heterocycles. The first kappa shape index (κ1) is 13.9. The van der Waals surface area contributed by atoms with Crippen molar-refractivity contribution in [1.82, 2.24) is 4.90 Å². The number of nitrogens with zero attached hydrogens (tertiary/aromatic N) is 2. The van der Waals surface area contributed by atoms with Gasteiger partial charge in [-0.1, -0.05) is 42.1 Å². The van der Waals surface area contributed by atoms with Gasteiger partial charge in [0.25, 0.3) is 0 Å². The van der Waals surface area contributed by atoms with Gasteiger partial charge >= 0.3 is 5.97 Å². The van der Waals surface area contributed by atoms with Gasteiger partial charge in [-0.05, 0) is 24.8 Å². The molecule has 0 radical (unpaired) electrons. The van der Waals surface area contributed by atoms with Crippen molar-refractivity contribution in [2.45, 2.75) is 19.9 Å². The van der Waals surface area contributed by atoms with E-state index >= 15 is 0 Å². The molecule has 4 nitrogen and oxygen atoms in total. The Hall–Kier alpha value is -2.01. The summed E-state index contributed by atoms with van der Waals surface area (Å²) in [5.41, 5.74) is 3.46. The quantitative estimate of drug-likeness (QED) is 0.785. The molecule has 5 heteroatoms. The van der Waals surface area contributed by atoms with Crippen LogP contribution in [0.4, 0.5) is 0 Å². The van der Waals surface area contributed by atoms with Crippen molar-refractivity contribution in [1.29, 1.82) is 0 Å². The topological polar surface area (TPSA) is 41.9 Å². The summed E-state index contributed by atoms with van der Waals surface area (Å²) in [5.74, 6) is -0.325. The molecule has 0 fully saturated rings. The van der Waals surface area contributed by atoms with Crippen LogP contribution in [0.3, 0.4) is 0 Å². The van der Waals surface area contributed by atoms with E-state index in [1.807, 2.05) is 44.2 Å². The molecular formula is C16H16N2O2S. The molecule has 0 saturated carbocycles. The minimum absolute atomic E-state index is 0.183. The molecule has 2 aliphatic heterocycles. The van der Waals surface area contributed by atoms with Crippen molar-refractivity contribution < 1.29 is 9.53 Å². The second-order valence-electron chi connectivity index (χ2n) is 4.95. The van der Waals surface area contributed by atoms with Crippen LogP contribution in [0.5, 0.6) is 0 Å². The summed E-state index contributed by atoms with van der Waals surface area (Å²) in [4.78, 5) is 18.9. The third-order valence-corrected chi connectivity index (χ3v) is 4.58. The lowest BCUT2D eigenvalue weighted by atomic mass is 9.94. The highest BCUT2D eigenvalue weighted by Crippen LogP contribution is 2.43. The fourth-order valence-electron chi connectivity index (χ4n) is 2.65. The molecule has 2 aliphatic rings. The van der Waals surface area contributed by atoms with E-state index in [9.17, 15) is 4.79 Å². The molecule has 0 bridgehead atoms. The largest absolute Gasteiger partial charge is 0.466 e. The number of esters is 1. The normalized spacial score (nSPS) is 20.9. The predicted octanol–water partition coefficient (Wildman–Crippen LogP) is 3.45. The molecule has 0 aliphatic carbocycles. The van der Waals surface area contributed by atoms with Gasteiger partial charge in [0.2, 0.25) is 0 Å². The summed E-state index contributed by atoms with van der Waals surface area (Å²) in [6.07, 6.45) is 0. The second kappa shape index (κ2) is 5.41. The van der Waals surface area contributed by atoms with Crippen LogP contribution in [0.2, 0.25) is 0 Å². The summed E-state index contributed by atoms with van der Waals surface area (Å²) in [6, 6.07) is 9.80. The van der Waals surface area contributed by atoms with Gasteiger partial charge in [-0.2, -0.15) is 0 Å². The molecular weight excluding hydrogens is 284 g/mol. The highest BCUT2D eigenvalue weighted by atomic mass is 32.2. The molecule has 1 aromatic carbocycles. The molecule has 21 heavy (non-hydrogen) atoms. The molecule has 108 valence electrons. The van der Waals surface area contributed by atoms with Crippen LogP contribution in [0.25, 0.3) is 0 Å². The number of amidine groups is 1. The Balaban J connectivity index is 2.17. The van der Waals surface area contributed by atoms with E-state index < -0.39 is 0 Å². The number of aliphatic imine (C=N–C) groups is 1. The standard InChI is InChI=1S/C16H16N2O2S/c1-10-9-21-16-17-11(2)13(15(19)20-3)14(18(10)16)12-7-5-4-6-8-12/h4-9,14H,1-3H3/t14-/m1/s1. The van der Waals surface area contributed by atoms with Gasteiger partial charge in [-0.15, -0.1) is 0 Å². The minimum atomic E-state index is -0.325. The first-order valence-electron chi connectivity index (χ1n) is 6.69. The number of rotatable bonds is 2. The minimum Gasteiger partial charge on any atom is -0.466 e. The molecule has 1 aromatic rings. The highest BCUT2D eigenvalue weighted by Gasteiger charge is 2.39. The first-order valence-corrected chi connectivity index (χ1v) is 7.57. The lowest BCUT2D eigenvalue weighted by Gasteiger charge is -2.35. The maximum absolute atomic E-state index is 12.3. The molecule has 0 N–H and O–H groups in total. The van der Waals surface area contributed by atoms with Crippen molar-refractivity contribution in [3.8, 4) is 0 Å². The fraction of sp³-hybridized carbons (Fsp3) is 0.250. The summed E-state index contributed by atoms with van der Waals surface area (Å²) in [6.45, 7) is 3.89. The number of benzene rings is 1. The van der Waals surface area contributed by atoms with Crippen LogP contribution in [0, 0.1) is 0 Å². The van der Waals surface area contributed by atoms with Gasteiger partial charge in [0, 0.05) is 5.70 Å². The van der Waals surface area contributed by atoms with Gasteiger partial charge in [-0.3, -0.25) is 0 Å². The van der Waals surface area contributed by atoms with E-state index in [-0.39, 0.29) is 12.0 Å².